The summed E-state index contributed by atoms with van der Waals surface area (Å²) in [4.78, 5) is 13.3. The Hall–Kier alpha value is -2.57. The predicted octanol–water partition coefficient (Wildman–Crippen LogP) is 11.5. The molecular weight excluding hydrogens is 1000 g/mol. The highest BCUT2D eigenvalue weighted by Gasteiger charge is 2.51. The molecule has 1 amide bonds. The third kappa shape index (κ3) is 35.2. The van der Waals surface area contributed by atoms with Crippen LogP contribution in [0.25, 0.3) is 0 Å². The molecule has 79 heavy (non-hydrogen) atoms. The molecule has 14 nitrogen and oxygen atoms in total. The minimum Gasteiger partial charge on any atom is -0.394 e. The van der Waals surface area contributed by atoms with Crippen molar-refractivity contribution < 1.29 is 64.6 Å². The summed E-state index contributed by atoms with van der Waals surface area (Å²) < 4.78 is 22.8. The molecule has 14 heteroatoms. The minimum atomic E-state index is -1.80. The van der Waals surface area contributed by atoms with Gasteiger partial charge < -0.3 is 65.1 Å². The number of ether oxygens (including phenoxy) is 4. The van der Waals surface area contributed by atoms with Crippen molar-refractivity contribution in [1.82, 2.24) is 5.32 Å². The second kappa shape index (κ2) is 50.0. The molecule has 0 aromatic heterocycles. The Morgan fingerprint density at radius 2 is 0.848 bits per heavy atom. The quantitative estimate of drug-likeness (QED) is 0.0204. The predicted molar refractivity (Wildman–Crippen MR) is 318 cm³/mol. The van der Waals surface area contributed by atoms with Crippen molar-refractivity contribution in [1.29, 1.82) is 0 Å². The summed E-state index contributed by atoms with van der Waals surface area (Å²) in [6, 6.07) is -0.944. The molecule has 2 heterocycles. The molecule has 0 saturated carbocycles. The molecule has 0 aromatic rings. The molecule has 2 saturated heterocycles. The maximum Gasteiger partial charge on any atom is 0.220 e. The van der Waals surface area contributed by atoms with Crippen molar-refractivity contribution in [3.63, 3.8) is 0 Å². The SMILES string of the molecule is CCCCCCC/C=C\C/C=C\C/C=C\CCCCCCCCCCCCC(=O)NC(COC1OC(CO)C(OC2OC(CO)C(O)C(O)C2O)C(O)C1O)C(O)/C=C/CC/C=C/CC/C=C/CCCCCCCCCCCC. The number of aliphatic hydroxyl groups is 8. The molecule has 0 bridgehead atoms. The zero-order valence-corrected chi connectivity index (χ0v) is 49.3. The number of nitrogens with one attached hydrogen (secondary N) is 1. The number of amides is 1. The van der Waals surface area contributed by atoms with Gasteiger partial charge in [-0.3, -0.25) is 4.79 Å². The van der Waals surface area contributed by atoms with Crippen LogP contribution in [-0.2, 0) is 23.7 Å². The Balaban J connectivity index is 1.76. The maximum absolute atomic E-state index is 13.3. The third-order valence-corrected chi connectivity index (χ3v) is 15.1. The van der Waals surface area contributed by atoms with Gasteiger partial charge in [0.1, 0.15) is 48.8 Å². The third-order valence-electron chi connectivity index (χ3n) is 15.1. The van der Waals surface area contributed by atoms with Crippen molar-refractivity contribution in [2.75, 3.05) is 19.8 Å². The molecule has 9 N–H and O–H groups in total. The van der Waals surface area contributed by atoms with E-state index in [1.165, 1.54) is 141 Å². The first-order valence-electron chi connectivity index (χ1n) is 31.7. The van der Waals surface area contributed by atoms with Crippen LogP contribution in [0.4, 0.5) is 0 Å². The molecule has 2 rings (SSSR count). The van der Waals surface area contributed by atoms with Crippen LogP contribution >= 0.6 is 0 Å². The average Bonchev–Trinajstić information content (AvgIpc) is 3.47. The van der Waals surface area contributed by atoms with Crippen molar-refractivity contribution in [2.45, 2.75) is 312 Å². The average molecular weight is 1120 g/mol. The monoisotopic (exact) mass is 1120 g/mol. The Morgan fingerprint density at radius 1 is 0.456 bits per heavy atom. The summed E-state index contributed by atoms with van der Waals surface area (Å²) in [6.45, 7) is 2.76. The van der Waals surface area contributed by atoms with Gasteiger partial charge in [0, 0.05) is 6.42 Å². The molecule has 2 aliphatic heterocycles. The molecule has 458 valence electrons. The summed E-state index contributed by atoms with van der Waals surface area (Å²) in [7, 11) is 0. The molecule has 0 aromatic carbocycles. The number of aliphatic hydroxyl groups excluding tert-OH is 8. The van der Waals surface area contributed by atoms with E-state index < -0.39 is 86.8 Å². The largest absolute Gasteiger partial charge is 0.394 e. The smallest absolute Gasteiger partial charge is 0.220 e. The zero-order chi connectivity index (χ0) is 57.4. The fourth-order valence-electron chi connectivity index (χ4n) is 9.98. The van der Waals surface area contributed by atoms with Gasteiger partial charge in [-0.2, -0.15) is 0 Å². The standard InChI is InChI=1S/C65H115NO13/c1-3-5-7-9-11-13-15-17-19-21-23-25-26-27-28-29-31-33-35-37-39-41-43-45-47-49-57(70)66-53(54(69)48-46-44-42-40-38-36-34-32-30-24-22-20-18-16-14-12-10-8-6-4-2)52-76-64-62(75)60(73)63(56(51-68)78-64)79-65-61(74)59(72)58(71)55(50-67)77-65/h15,17,21,23,26-27,30,32,38,40,46,48,53-56,58-65,67-69,71-75H,3-14,16,18-20,22,24-25,28-29,31,33-37,39,41-45,47,49-52H2,1-2H3,(H,66,70)/b17-15-,23-21-,27-26-,32-30+,40-38+,48-46+. The summed E-state index contributed by atoms with van der Waals surface area (Å²) in [6.07, 6.45) is 49.4. The van der Waals surface area contributed by atoms with Crippen LogP contribution in [0.2, 0.25) is 0 Å². The fraction of sp³-hybridized carbons (Fsp3) is 0.800. The highest BCUT2D eigenvalue weighted by Crippen LogP contribution is 2.30. The number of unbranched alkanes of at least 4 members (excludes halogenated alkanes) is 27. The van der Waals surface area contributed by atoms with E-state index in [0.29, 0.717) is 12.8 Å². The first kappa shape index (κ1) is 72.5. The lowest BCUT2D eigenvalue weighted by Gasteiger charge is -2.46. The van der Waals surface area contributed by atoms with Crippen LogP contribution in [0.15, 0.2) is 72.9 Å². The summed E-state index contributed by atoms with van der Waals surface area (Å²) in [5, 5.41) is 87.2. The van der Waals surface area contributed by atoms with E-state index >= 15 is 0 Å². The molecule has 0 spiro atoms. The highest BCUT2D eigenvalue weighted by molar-refractivity contribution is 5.76. The van der Waals surface area contributed by atoms with Gasteiger partial charge in [-0.05, 0) is 83.5 Å². The molecule has 12 unspecified atom stereocenters. The van der Waals surface area contributed by atoms with Gasteiger partial charge in [0.2, 0.25) is 5.91 Å². The van der Waals surface area contributed by atoms with E-state index in [2.05, 4.69) is 79.9 Å². The lowest BCUT2D eigenvalue weighted by Crippen LogP contribution is -2.65. The summed E-state index contributed by atoms with van der Waals surface area (Å²) in [5.74, 6) is -0.259. The lowest BCUT2D eigenvalue weighted by molar-refractivity contribution is -0.359. The molecular formula is C65H115NO13. The Kier molecular flexibility index (Phi) is 45.9. The first-order chi connectivity index (χ1) is 38.6. The van der Waals surface area contributed by atoms with E-state index in [9.17, 15) is 45.6 Å². The second-order valence-corrected chi connectivity index (χ2v) is 22.2. The van der Waals surface area contributed by atoms with Gasteiger partial charge >= 0.3 is 0 Å². The Labute approximate surface area is 478 Å². The first-order valence-corrected chi connectivity index (χ1v) is 31.7. The normalized spacial score (nSPS) is 24.9. The van der Waals surface area contributed by atoms with Crippen molar-refractivity contribution in [2.24, 2.45) is 0 Å². The minimum absolute atomic E-state index is 0.259. The van der Waals surface area contributed by atoms with E-state index in [0.717, 1.165) is 64.2 Å². The van der Waals surface area contributed by atoms with Crippen LogP contribution in [0, 0.1) is 0 Å². The molecule has 12 atom stereocenters. The van der Waals surface area contributed by atoms with Gasteiger partial charge in [-0.1, -0.05) is 222 Å². The van der Waals surface area contributed by atoms with Crippen LogP contribution in [-0.4, -0.2) is 140 Å². The summed E-state index contributed by atoms with van der Waals surface area (Å²) in [5.41, 5.74) is 0. The van der Waals surface area contributed by atoms with E-state index in [1.54, 1.807) is 6.08 Å². The number of allylic oxidation sites excluding steroid dienone is 11. The van der Waals surface area contributed by atoms with Crippen molar-refractivity contribution >= 4 is 5.91 Å². The number of hydrogen-bond acceptors (Lipinski definition) is 13. The van der Waals surface area contributed by atoms with Crippen LogP contribution in [0.1, 0.15) is 239 Å². The summed E-state index contributed by atoms with van der Waals surface area (Å²) >= 11 is 0. The molecule has 0 radical (unpaired) electrons. The van der Waals surface area contributed by atoms with Crippen LogP contribution < -0.4 is 5.32 Å². The second-order valence-electron chi connectivity index (χ2n) is 22.2. The number of carbonyl (C=O) groups is 1. The van der Waals surface area contributed by atoms with Gasteiger partial charge in [0.05, 0.1) is 32.0 Å². The fourth-order valence-corrected chi connectivity index (χ4v) is 9.98. The van der Waals surface area contributed by atoms with Gasteiger partial charge in [0.25, 0.3) is 0 Å². The zero-order valence-electron chi connectivity index (χ0n) is 49.3. The van der Waals surface area contributed by atoms with Crippen molar-refractivity contribution in [3.8, 4) is 0 Å². The Bertz CT molecular complexity index is 1600. The van der Waals surface area contributed by atoms with E-state index in [4.69, 9.17) is 18.9 Å². The van der Waals surface area contributed by atoms with E-state index in [-0.39, 0.29) is 18.9 Å². The topological polar surface area (TPSA) is 228 Å². The van der Waals surface area contributed by atoms with Gasteiger partial charge in [-0.25, -0.2) is 0 Å². The van der Waals surface area contributed by atoms with Gasteiger partial charge in [0.15, 0.2) is 12.6 Å². The van der Waals surface area contributed by atoms with Crippen LogP contribution in [0.3, 0.4) is 0 Å². The maximum atomic E-state index is 13.3. The van der Waals surface area contributed by atoms with Crippen molar-refractivity contribution in [3.05, 3.63) is 72.9 Å². The Morgan fingerprint density at radius 3 is 1.33 bits per heavy atom. The lowest BCUT2D eigenvalue weighted by atomic mass is 9.97. The number of carbonyl (C=O) groups excluding carboxylic acids is 1. The number of rotatable bonds is 50. The van der Waals surface area contributed by atoms with E-state index in [1.807, 2.05) is 6.08 Å². The number of hydrogen-bond donors (Lipinski definition) is 9. The highest BCUT2D eigenvalue weighted by atomic mass is 16.7. The molecule has 0 aliphatic carbocycles. The molecule has 2 aliphatic rings. The van der Waals surface area contributed by atoms with Crippen LogP contribution in [0.5, 0.6) is 0 Å². The van der Waals surface area contributed by atoms with Gasteiger partial charge in [-0.15, -0.1) is 0 Å². The molecule has 2 fully saturated rings.